The molecule has 6 heteroatoms. The molecule has 0 fully saturated rings. The van der Waals surface area contributed by atoms with Crippen molar-refractivity contribution in [3.63, 3.8) is 0 Å². The van der Waals surface area contributed by atoms with Crippen molar-refractivity contribution in [2.24, 2.45) is 0 Å². The maximum Gasteiger partial charge on any atom is 0.225 e. The Kier molecular flexibility index (Phi) is 4.53. The van der Waals surface area contributed by atoms with Gasteiger partial charge >= 0.3 is 0 Å². The molecule has 1 aromatic heterocycles. The SMILES string of the molecule is COc1cc(/C=C/c2cnc(Cl)nc2OC)ccc1F. The Bertz CT molecular complexity index is 647. The summed E-state index contributed by atoms with van der Waals surface area (Å²) in [5.74, 6) is 0.152. The zero-order chi connectivity index (χ0) is 14.5. The molecule has 2 aromatic rings. The number of hydrogen-bond donors (Lipinski definition) is 0. The van der Waals surface area contributed by atoms with Crippen molar-refractivity contribution < 1.29 is 13.9 Å². The van der Waals surface area contributed by atoms with Crippen molar-refractivity contribution in [2.75, 3.05) is 14.2 Å². The zero-order valence-electron chi connectivity index (χ0n) is 10.9. The van der Waals surface area contributed by atoms with E-state index in [1.54, 1.807) is 30.5 Å². The second kappa shape index (κ2) is 6.34. The van der Waals surface area contributed by atoms with E-state index >= 15 is 0 Å². The van der Waals surface area contributed by atoms with E-state index in [0.717, 1.165) is 5.56 Å². The van der Waals surface area contributed by atoms with Crippen molar-refractivity contribution in [1.82, 2.24) is 9.97 Å². The number of rotatable bonds is 4. The summed E-state index contributed by atoms with van der Waals surface area (Å²) in [4.78, 5) is 7.83. The maximum atomic E-state index is 13.3. The van der Waals surface area contributed by atoms with Gasteiger partial charge in [0.1, 0.15) is 0 Å². The lowest BCUT2D eigenvalue weighted by Crippen LogP contribution is -1.93. The van der Waals surface area contributed by atoms with Crippen LogP contribution in [0.25, 0.3) is 12.2 Å². The predicted octanol–water partition coefficient (Wildman–Crippen LogP) is 3.46. The third-order valence-electron chi connectivity index (χ3n) is 2.57. The normalized spacial score (nSPS) is 10.8. The number of hydrogen-bond acceptors (Lipinski definition) is 4. The van der Waals surface area contributed by atoms with Gasteiger partial charge in [0, 0.05) is 6.20 Å². The number of methoxy groups -OCH3 is 2. The fourth-order valence-corrected chi connectivity index (χ4v) is 1.72. The van der Waals surface area contributed by atoms with Crippen LogP contribution >= 0.6 is 11.6 Å². The van der Waals surface area contributed by atoms with Crippen molar-refractivity contribution in [2.45, 2.75) is 0 Å². The minimum absolute atomic E-state index is 0.113. The summed E-state index contributed by atoms with van der Waals surface area (Å²) in [5.41, 5.74) is 1.44. The Labute approximate surface area is 120 Å². The molecule has 0 saturated heterocycles. The molecule has 0 aliphatic rings. The van der Waals surface area contributed by atoms with Gasteiger partial charge in [-0.2, -0.15) is 4.98 Å². The molecular formula is C14H12ClFN2O2. The van der Waals surface area contributed by atoms with E-state index in [9.17, 15) is 4.39 Å². The topological polar surface area (TPSA) is 44.2 Å². The monoisotopic (exact) mass is 294 g/mol. The second-order valence-electron chi connectivity index (χ2n) is 3.83. The first-order valence-electron chi connectivity index (χ1n) is 5.72. The lowest BCUT2D eigenvalue weighted by atomic mass is 10.1. The van der Waals surface area contributed by atoms with Crippen molar-refractivity contribution >= 4 is 23.8 Å². The number of ether oxygens (including phenoxy) is 2. The molecule has 0 radical (unpaired) electrons. The molecule has 0 spiro atoms. The number of halogens is 2. The third-order valence-corrected chi connectivity index (χ3v) is 2.76. The summed E-state index contributed by atoms with van der Waals surface area (Å²) in [5, 5.41) is 0.113. The lowest BCUT2D eigenvalue weighted by Gasteiger charge is -2.04. The number of nitrogens with zero attached hydrogens (tertiary/aromatic N) is 2. The summed E-state index contributed by atoms with van der Waals surface area (Å²) in [6.07, 6.45) is 5.07. The third kappa shape index (κ3) is 3.24. The highest BCUT2D eigenvalue weighted by atomic mass is 35.5. The van der Waals surface area contributed by atoms with E-state index in [2.05, 4.69) is 9.97 Å². The Hall–Kier alpha value is -2.14. The van der Waals surface area contributed by atoms with E-state index in [-0.39, 0.29) is 11.0 Å². The molecule has 2 rings (SSSR count). The largest absolute Gasteiger partial charge is 0.494 e. The van der Waals surface area contributed by atoms with Crippen LogP contribution in [0.15, 0.2) is 24.4 Å². The van der Waals surface area contributed by atoms with Crippen LogP contribution in [0, 0.1) is 5.82 Å². The molecule has 20 heavy (non-hydrogen) atoms. The van der Waals surface area contributed by atoms with E-state index in [1.807, 2.05) is 0 Å². The standard InChI is InChI=1S/C14H12ClFN2O2/c1-19-12-7-9(4-6-11(12)16)3-5-10-8-17-14(15)18-13(10)20-2/h3-8H,1-2H3/b5-3+. The van der Waals surface area contributed by atoms with Crippen LogP contribution in [0.5, 0.6) is 11.6 Å². The first kappa shape index (κ1) is 14.3. The first-order valence-corrected chi connectivity index (χ1v) is 6.10. The number of benzene rings is 1. The number of aromatic nitrogens is 2. The average molecular weight is 295 g/mol. The molecule has 0 unspecified atom stereocenters. The van der Waals surface area contributed by atoms with Gasteiger partial charge in [-0.05, 0) is 35.4 Å². The van der Waals surface area contributed by atoms with E-state index in [4.69, 9.17) is 21.1 Å². The highest BCUT2D eigenvalue weighted by Gasteiger charge is 2.04. The molecule has 0 N–H and O–H groups in total. The van der Waals surface area contributed by atoms with E-state index in [1.165, 1.54) is 20.3 Å². The van der Waals surface area contributed by atoms with Gasteiger partial charge in [0.2, 0.25) is 11.2 Å². The van der Waals surface area contributed by atoms with Crippen LogP contribution < -0.4 is 9.47 Å². The summed E-state index contributed by atoms with van der Waals surface area (Å²) in [6.45, 7) is 0. The molecule has 1 heterocycles. The van der Waals surface area contributed by atoms with Crippen LogP contribution in [-0.2, 0) is 0 Å². The van der Waals surface area contributed by atoms with Crippen LogP contribution in [-0.4, -0.2) is 24.2 Å². The Morgan fingerprint density at radius 3 is 2.70 bits per heavy atom. The summed E-state index contributed by atoms with van der Waals surface area (Å²) in [6, 6.07) is 4.57. The van der Waals surface area contributed by atoms with Gasteiger partial charge in [-0.1, -0.05) is 12.1 Å². The zero-order valence-corrected chi connectivity index (χ0v) is 11.7. The van der Waals surface area contributed by atoms with Crippen molar-refractivity contribution in [1.29, 1.82) is 0 Å². The van der Waals surface area contributed by atoms with Crippen LogP contribution in [0.1, 0.15) is 11.1 Å². The van der Waals surface area contributed by atoms with Gasteiger partial charge in [-0.15, -0.1) is 0 Å². The second-order valence-corrected chi connectivity index (χ2v) is 4.17. The van der Waals surface area contributed by atoms with Crippen molar-refractivity contribution in [3.8, 4) is 11.6 Å². The van der Waals surface area contributed by atoms with Crippen molar-refractivity contribution in [3.05, 3.63) is 46.6 Å². The van der Waals surface area contributed by atoms with Gasteiger partial charge in [0.05, 0.1) is 19.8 Å². The van der Waals surface area contributed by atoms with Gasteiger partial charge in [-0.3, -0.25) is 0 Å². The average Bonchev–Trinajstić information content (AvgIpc) is 2.47. The molecule has 104 valence electrons. The summed E-state index contributed by atoms with van der Waals surface area (Å²) >= 11 is 5.69. The van der Waals surface area contributed by atoms with Gasteiger partial charge < -0.3 is 9.47 Å². The quantitative estimate of drug-likeness (QED) is 0.810. The molecule has 0 aliphatic heterocycles. The van der Waals surface area contributed by atoms with Gasteiger partial charge in [0.15, 0.2) is 11.6 Å². The van der Waals surface area contributed by atoms with Gasteiger partial charge in [-0.25, -0.2) is 9.37 Å². The lowest BCUT2D eigenvalue weighted by molar-refractivity contribution is 0.386. The fourth-order valence-electron chi connectivity index (χ4n) is 1.60. The molecule has 0 bridgehead atoms. The first-order chi connectivity index (χ1) is 9.63. The Balaban J connectivity index is 2.29. The fraction of sp³-hybridized carbons (Fsp3) is 0.143. The highest BCUT2D eigenvalue weighted by Crippen LogP contribution is 2.22. The maximum absolute atomic E-state index is 13.3. The van der Waals surface area contributed by atoms with Gasteiger partial charge in [0.25, 0.3) is 0 Å². The molecule has 0 saturated carbocycles. The van der Waals surface area contributed by atoms with E-state index < -0.39 is 5.82 Å². The summed E-state index contributed by atoms with van der Waals surface area (Å²) in [7, 11) is 2.92. The Morgan fingerprint density at radius 2 is 2.00 bits per heavy atom. The minimum Gasteiger partial charge on any atom is -0.494 e. The molecule has 1 aromatic carbocycles. The molecule has 0 aliphatic carbocycles. The molecule has 0 amide bonds. The molecule has 0 atom stereocenters. The summed E-state index contributed by atoms with van der Waals surface area (Å²) < 4.78 is 23.3. The smallest absolute Gasteiger partial charge is 0.225 e. The van der Waals surface area contributed by atoms with E-state index in [0.29, 0.717) is 11.4 Å². The molecular weight excluding hydrogens is 283 g/mol. The Morgan fingerprint density at radius 1 is 1.20 bits per heavy atom. The van der Waals surface area contributed by atoms with Crippen LogP contribution in [0.2, 0.25) is 5.28 Å². The minimum atomic E-state index is -0.406. The van der Waals surface area contributed by atoms with Crippen LogP contribution in [0.3, 0.4) is 0 Å². The van der Waals surface area contributed by atoms with Crippen LogP contribution in [0.4, 0.5) is 4.39 Å². The predicted molar refractivity (Wildman–Crippen MR) is 75.5 cm³/mol. The molecule has 4 nitrogen and oxygen atoms in total. The highest BCUT2D eigenvalue weighted by molar-refractivity contribution is 6.28.